The Morgan fingerprint density at radius 3 is 2.54 bits per heavy atom. The molecule has 2 rings (SSSR count). The van der Waals surface area contributed by atoms with E-state index in [0.717, 1.165) is 19.3 Å². The van der Waals surface area contributed by atoms with E-state index in [2.05, 4.69) is 17.6 Å². The summed E-state index contributed by atoms with van der Waals surface area (Å²) in [4.78, 5) is 35.3. The topological polar surface area (TPSA) is 93.7 Å². The molecule has 2 N–H and O–H groups in total. The minimum Gasteiger partial charge on any atom is -0.493 e. The van der Waals surface area contributed by atoms with E-state index in [1.807, 2.05) is 0 Å². The van der Waals surface area contributed by atoms with Gasteiger partial charge in [0.25, 0.3) is 5.91 Å². The number of hydrogen-bond acceptors (Lipinski definition) is 5. The van der Waals surface area contributed by atoms with Crippen molar-refractivity contribution in [2.45, 2.75) is 45.6 Å². The lowest BCUT2D eigenvalue weighted by atomic mass is 9.86. The Morgan fingerprint density at radius 1 is 1.15 bits per heavy atom. The smallest absolute Gasteiger partial charge is 0.321 e. The molecule has 1 aliphatic carbocycles. The van der Waals surface area contributed by atoms with Gasteiger partial charge >= 0.3 is 6.03 Å². The van der Waals surface area contributed by atoms with Crippen molar-refractivity contribution in [1.29, 1.82) is 0 Å². The molecule has 0 radical (unpaired) electrons. The lowest BCUT2D eigenvalue weighted by Gasteiger charge is -2.29. The molecule has 142 valence electrons. The van der Waals surface area contributed by atoms with Gasteiger partial charge in [0.1, 0.15) is 0 Å². The van der Waals surface area contributed by atoms with Crippen LogP contribution in [0, 0.1) is 5.92 Å². The molecule has 3 amide bonds. The summed E-state index contributed by atoms with van der Waals surface area (Å²) in [5, 5.41) is 5.13. The molecule has 0 heterocycles. The lowest BCUT2D eigenvalue weighted by Crippen LogP contribution is -2.48. The first-order chi connectivity index (χ1) is 12.4. The van der Waals surface area contributed by atoms with Gasteiger partial charge in [-0.2, -0.15) is 0 Å². The van der Waals surface area contributed by atoms with E-state index < -0.39 is 11.9 Å². The number of carbonyl (C=O) groups excluding carboxylic acids is 3. The van der Waals surface area contributed by atoms with Crippen LogP contribution >= 0.6 is 0 Å². The van der Waals surface area contributed by atoms with Crippen molar-refractivity contribution in [2.75, 3.05) is 13.7 Å². The summed E-state index contributed by atoms with van der Waals surface area (Å²) in [6.45, 7) is 3.23. The monoisotopic (exact) mass is 362 g/mol. The van der Waals surface area contributed by atoms with Crippen LogP contribution in [-0.2, 0) is 4.79 Å². The van der Waals surface area contributed by atoms with Gasteiger partial charge in [-0.15, -0.1) is 0 Å². The molecule has 0 spiro atoms. The molecule has 0 bridgehead atoms. The number of rotatable bonds is 6. The molecular weight excluding hydrogens is 336 g/mol. The van der Waals surface area contributed by atoms with Crippen molar-refractivity contribution in [1.82, 2.24) is 10.6 Å². The van der Waals surface area contributed by atoms with Gasteiger partial charge in [0.05, 0.1) is 7.11 Å². The number of ether oxygens (including phenoxy) is 2. The third-order valence-corrected chi connectivity index (χ3v) is 4.61. The minimum atomic E-state index is -0.552. The van der Waals surface area contributed by atoms with Crippen molar-refractivity contribution in [3.8, 4) is 11.5 Å². The van der Waals surface area contributed by atoms with E-state index >= 15 is 0 Å². The Morgan fingerprint density at radius 2 is 1.88 bits per heavy atom. The number of Topliss-reactive ketones (excluding diaryl/α,β-unsaturated/α-hetero) is 1. The Balaban J connectivity index is 1.84. The summed E-state index contributed by atoms with van der Waals surface area (Å²) in [5.41, 5.74) is 0.486. The molecule has 1 fully saturated rings. The number of urea groups is 1. The average molecular weight is 362 g/mol. The lowest BCUT2D eigenvalue weighted by molar-refractivity contribution is -0.122. The first-order valence-electron chi connectivity index (χ1n) is 8.82. The fraction of sp³-hybridized carbons (Fsp3) is 0.526. The first-order valence-corrected chi connectivity index (χ1v) is 8.82. The van der Waals surface area contributed by atoms with Crippen molar-refractivity contribution >= 4 is 17.7 Å². The van der Waals surface area contributed by atoms with Gasteiger partial charge in [-0.3, -0.25) is 14.9 Å². The standard InChI is InChI=1S/C19H26N2O5/c1-12-6-4-5-7-15(12)20-19(24)21-18(23)11-26-16-9-8-14(13(2)22)10-17(16)25-3/h8-10,12,15H,4-7,11H2,1-3H3,(H2,20,21,23,24)/t12-,15-/m1/s1. The van der Waals surface area contributed by atoms with E-state index in [9.17, 15) is 14.4 Å². The summed E-state index contributed by atoms with van der Waals surface area (Å²) in [5.74, 6) is 0.440. The molecule has 26 heavy (non-hydrogen) atoms. The maximum absolute atomic E-state index is 12.0. The third kappa shape index (κ3) is 5.47. The summed E-state index contributed by atoms with van der Waals surface area (Å²) < 4.78 is 10.6. The minimum absolute atomic E-state index is 0.0942. The highest BCUT2D eigenvalue weighted by Crippen LogP contribution is 2.28. The van der Waals surface area contributed by atoms with Crippen molar-refractivity contribution in [2.24, 2.45) is 5.92 Å². The number of ketones is 1. The van der Waals surface area contributed by atoms with E-state index in [1.54, 1.807) is 18.2 Å². The summed E-state index contributed by atoms with van der Waals surface area (Å²) >= 11 is 0. The summed E-state index contributed by atoms with van der Waals surface area (Å²) in [6, 6.07) is 4.29. The molecule has 1 aromatic rings. The van der Waals surface area contributed by atoms with Gasteiger partial charge < -0.3 is 14.8 Å². The molecule has 0 aromatic heterocycles. The van der Waals surface area contributed by atoms with Crippen molar-refractivity contribution in [3.05, 3.63) is 23.8 Å². The fourth-order valence-electron chi connectivity index (χ4n) is 3.05. The Bertz CT molecular complexity index is 674. The third-order valence-electron chi connectivity index (χ3n) is 4.61. The van der Waals surface area contributed by atoms with Crippen LogP contribution in [0.25, 0.3) is 0 Å². The van der Waals surface area contributed by atoms with Gasteiger partial charge in [0, 0.05) is 11.6 Å². The van der Waals surface area contributed by atoms with Crippen LogP contribution in [0.1, 0.15) is 49.9 Å². The average Bonchev–Trinajstić information content (AvgIpc) is 2.61. The highest BCUT2D eigenvalue weighted by Gasteiger charge is 2.23. The van der Waals surface area contributed by atoms with Gasteiger partial charge in [-0.1, -0.05) is 19.8 Å². The van der Waals surface area contributed by atoms with Gasteiger partial charge in [0.2, 0.25) is 0 Å². The molecular formula is C19H26N2O5. The SMILES string of the molecule is COc1cc(C(C)=O)ccc1OCC(=O)NC(=O)N[C@@H]1CCCC[C@H]1C. The van der Waals surface area contributed by atoms with Crippen LogP contribution in [0.3, 0.4) is 0 Å². The predicted molar refractivity (Wildman–Crippen MR) is 96.6 cm³/mol. The number of nitrogens with one attached hydrogen (secondary N) is 2. The van der Waals surface area contributed by atoms with Crippen LogP contribution in [0.5, 0.6) is 11.5 Å². The molecule has 2 atom stereocenters. The van der Waals surface area contributed by atoms with E-state index in [1.165, 1.54) is 20.5 Å². The van der Waals surface area contributed by atoms with Gasteiger partial charge in [0.15, 0.2) is 23.9 Å². The van der Waals surface area contributed by atoms with Gasteiger partial charge in [-0.05, 0) is 43.9 Å². The van der Waals surface area contributed by atoms with Gasteiger partial charge in [-0.25, -0.2) is 4.79 Å². The van der Waals surface area contributed by atoms with Crippen LogP contribution in [0.2, 0.25) is 0 Å². The molecule has 7 heteroatoms. The normalized spacial score (nSPS) is 19.3. The fourth-order valence-corrected chi connectivity index (χ4v) is 3.05. The Hall–Kier alpha value is -2.57. The zero-order valence-corrected chi connectivity index (χ0v) is 15.5. The summed E-state index contributed by atoms with van der Waals surface area (Å²) in [6.07, 6.45) is 4.28. The number of amides is 3. The molecule has 7 nitrogen and oxygen atoms in total. The zero-order chi connectivity index (χ0) is 19.1. The Kier molecular flexibility index (Phi) is 7.00. The number of methoxy groups -OCH3 is 1. The maximum atomic E-state index is 12.0. The number of carbonyl (C=O) groups is 3. The molecule has 1 aliphatic rings. The second kappa shape index (κ2) is 9.22. The zero-order valence-electron chi connectivity index (χ0n) is 15.5. The number of imide groups is 1. The van der Waals surface area contributed by atoms with E-state index in [-0.39, 0.29) is 18.4 Å². The maximum Gasteiger partial charge on any atom is 0.321 e. The van der Waals surface area contributed by atoms with Crippen molar-refractivity contribution < 1.29 is 23.9 Å². The van der Waals surface area contributed by atoms with E-state index in [0.29, 0.717) is 23.0 Å². The molecule has 0 aliphatic heterocycles. The van der Waals surface area contributed by atoms with Crippen LogP contribution in [0.4, 0.5) is 4.79 Å². The summed E-state index contributed by atoms with van der Waals surface area (Å²) in [7, 11) is 1.45. The van der Waals surface area contributed by atoms with Crippen LogP contribution in [-0.4, -0.2) is 37.5 Å². The highest BCUT2D eigenvalue weighted by atomic mass is 16.5. The highest BCUT2D eigenvalue weighted by molar-refractivity contribution is 5.95. The molecule has 0 unspecified atom stereocenters. The van der Waals surface area contributed by atoms with Crippen molar-refractivity contribution in [3.63, 3.8) is 0 Å². The van der Waals surface area contributed by atoms with E-state index in [4.69, 9.17) is 9.47 Å². The second-order valence-corrected chi connectivity index (χ2v) is 6.60. The molecule has 1 aromatic carbocycles. The second-order valence-electron chi connectivity index (χ2n) is 6.60. The predicted octanol–water partition coefficient (Wildman–Crippen LogP) is 2.68. The molecule has 0 saturated heterocycles. The van der Waals surface area contributed by atoms with Crippen LogP contribution < -0.4 is 20.1 Å². The van der Waals surface area contributed by atoms with Crippen LogP contribution in [0.15, 0.2) is 18.2 Å². The number of benzene rings is 1. The number of hydrogen-bond donors (Lipinski definition) is 2. The quantitative estimate of drug-likeness (QED) is 0.759. The first kappa shape index (κ1) is 19.8. The molecule has 1 saturated carbocycles. The largest absolute Gasteiger partial charge is 0.493 e. The Labute approximate surface area is 153 Å².